The molecule has 0 fully saturated rings. The zero-order valence-corrected chi connectivity index (χ0v) is 11.6. The Labute approximate surface area is 104 Å². The van der Waals surface area contributed by atoms with Gasteiger partial charge >= 0.3 is 6.48 Å². The Kier molecular flexibility index (Phi) is 10.8. The van der Waals surface area contributed by atoms with Gasteiger partial charge in [-0.2, -0.15) is 9.78 Å². The minimum absolute atomic E-state index is 0.0302. The highest BCUT2D eigenvalue weighted by atomic mass is 17.3. The zero-order valence-electron chi connectivity index (χ0n) is 11.6. The van der Waals surface area contributed by atoms with Crippen LogP contribution >= 0.6 is 0 Å². The second-order valence-corrected chi connectivity index (χ2v) is 4.52. The van der Waals surface area contributed by atoms with Crippen LogP contribution in [-0.4, -0.2) is 25.8 Å². The van der Waals surface area contributed by atoms with E-state index in [0.29, 0.717) is 19.1 Å². The van der Waals surface area contributed by atoms with Crippen LogP contribution < -0.4 is 0 Å². The molecule has 0 aromatic rings. The van der Waals surface area contributed by atoms with Crippen molar-refractivity contribution >= 4 is 0 Å². The van der Waals surface area contributed by atoms with Crippen LogP contribution in [-0.2, 0) is 24.3 Å². The Balaban J connectivity index is 3.71. The molecule has 0 saturated carbocycles. The van der Waals surface area contributed by atoms with Crippen LogP contribution in [0.25, 0.3) is 0 Å². The highest BCUT2D eigenvalue weighted by Gasteiger charge is 2.15. The fourth-order valence-corrected chi connectivity index (χ4v) is 0.821. The second-order valence-electron chi connectivity index (χ2n) is 4.52. The summed E-state index contributed by atoms with van der Waals surface area (Å²) in [5, 5.41) is 0. The van der Waals surface area contributed by atoms with Gasteiger partial charge in [-0.3, -0.25) is 0 Å². The first-order valence-corrected chi connectivity index (χ1v) is 6.28. The van der Waals surface area contributed by atoms with Crippen LogP contribution in [0.1, 0.15) is 47.5 Å². The van der Waals surface area contributed by atoms with Gasteiger partial charge in [0.05, 0.1) is 19.3 Å². The number of ether oxygens (including phenoxy) is 1. The molecule has 0 spiro atoms. The third-order valence-corrected chi connectivity index (χ3v) is 1.66. The van der Waals surface area contributed by atoms with Gasteiger partial charge in [0, 0.05) is 0 Å². The number of hydrogen-bond donors (Lipinski definition) is 0. The van der Waals surface area contributed by atoms with Gasteiger partial charge in [-0.15, -0.1) is 0 Å². The van der Waals surface area contributed by atoms with E-state index in [-0.39, 0.29) is 6.10 Å². The third kappa shape index (κ3) is 12.1. The molecule has 1 atom stereocenters. The Bertz CT molecular complexity index is 161. The maximum absolute atomic E-state index is 5.32. The van der Waals surface area contributed by atoms with Gasteiger partial charge in [0.15, 0.2) is 0 Å². The lowest BCUT2D eigenvalue weighted by Gasteiger charge is -2.18. The lowest BCUT2D eigenvalue weighted by atomic mass is 10.2. The molecule has 5 nitrogen and oxygen atoms in total. The minimum atomic E-state index is -0.939. The molecule has 0 aromatic heterocycles. The van der Waals surface area contributed by atoms with Crippen molar-refractivity contribution in [2.45, 2.75) is 60.0 Å². The summed E-state index contributed by atoms with van der Waals surface area (Å²) in [5.74, 6) is 0.385. The predicted octanol–water partition coefficient (Wildman–Crippen LogP) is 3.05. The van der Waals surface area contributed by atoms with Gasteiger partial charge in [0.25, 0.3) is 0 Å². The average Bonchev–Trinajstić information content (AvgIpc) is 2.22. The van der Waals surface area contributed by atoms with Crippen molar-refractivity contribution in [3.8, 4) is 0 Å². The van der Waals surface area contributed by atoms with Gasteiger partial charge in [-0.05, 0) is 26.2 Å². The molecule has 5 heteroatoms. The quantitative estimate of drug-likeness (QED) is 0.244. The lowest BCUT2D eigenvalue weighted by Crippen LogP contribution is -2.26. The van der Waals surface area contributed by atoms with Gasteiger partial charge in [0.1, 0.15) is 0 Å². The second kappa shape index (κ2) is 10.9. The van der Waals surface area contributed by atoms with Crippen LogP contribution in [0.5, 0.6) is 0 Å². The van der Waals surface area contributed by atoms with Crippen molar-refractivity contribution in [2.24, 2.45) is 5.92 Å². The van der Waals surface area contributed by atoms with Gasteiger partial charge in [-0.1, -0.05) is 27.2 Å². The van der Waals surface area contributed by atoms with Crippen LogP contribution in [0.15, 0.2) is 0 Å². The first-order valence-electron chi connectivity index (χ1n) is 6.28. The molecule has 17 heavy (non-hydrogen) atoms. The number of rotatable bonds is 11. The largest absolute Gasteiger partial charge is 0.329 e. The molecule has 0 aliphatic heterocycles. The minimum Gasteiger partial charge on any atom is -0.324 e. The predicted molar refractivity (Wildman–Crippen MR) is 63.8 cm³/mol. The highest BCUT2D eigenvalue weighted by molar-refractivity contribution is 4.36. The number of unbranched alkanes of at least 4 members (excludes halogenated alkanes) is 1. The van der Waals surface area contributed by atoms with Crippen molar-refractivity contribution in [2.75, 3.05) is 13.2 Å². The summed E-state index contributed by atoms with van der Waals surface area (Å²) < 4.78 is 5.32. The molecule has 0 aliphatic rings. The summed E-state index contributed by atoms with van der Waals surface area (Å²) in [6.45, 7) is 9.96. The standard InChI is InChI=1S/C12H26O5/c1-6-7-8-13-16-12(15-11(4)5)17-14-9-10(2)3/h10-12H,6-9H2,1-5H3. The smallest absolute Gasteiger partial charge is 0.324 e. The fraction of sp³-hybridized carbons (Fsp3) is 1.00. The fourth-order valence-electron chi connectivity index (χ4n) is 0.821. The average molecular weight is 250 g/mol. The summed E-state index contributed by atoms with van der Waals surface area (Å²) in [6, 6.07) is 0. The van der Waals surface area contributed by atoms with E-state index in [4.69, 9.17) is 24.3 Å². The molecule has 0 aromatic carbocycles. The molecular formula is C12H26O5. The molecule has 0 radical (unpaired) electrons. The van der Waals surface area contributed by atoms with Crippen molar-refractivity contribution in [1.82, 2.24) is 0 Å². The van der Waals surface area contributed by atoms with E-state index in [1.807, 2.05) is 27.7 Å². The first kappa shape index (κ1) is 16.8. The summed E-state index contributed by atoms with van der Waals surface area (Å²) in [5.41, 5.74) is 0. The van der Waals surface area contributed by atoms with Gasteiger partial charge in [0.2, 0.25) is 0 Å². The molecule has 104 valence electrons. The Morgan fingerprint density at radius 3 is 2.12 bits per heavy atom. The van der Waals surface area contributed by atoms with E-state index in [1.54, 1.807) is 0 Å². The van der Waals surface area contributed by atoms with E-state index >= 15 is 0 Å². The molecule has 0 rings (SSSR count). The van der Waals surface area contributed by atoms with E-state index < -0.39 is 6.48 Å². The molecule has 0 N–H and O–H groups in total. The van der Waals surface area contributed by atoms with Crippen molar-refractivity contribution in [1.29, 1.82) is 0 Å². The molecule has 0 heterocycles. The van der Waals surface area contributed by atoms with E-state index in [9.17, 15) is 0 Å². The van der Waals surface area contributed by atoms with Gasteiger partial charge in [-0.25, -0.2) is 9.78 Å². The maximum atomic E-state index is 5.32. The molecule has 0 aliphatic carbocycles. The SMILES string of the molecule is CCCCOOC(OOCC(C)C)OC(C)C. The molecule has 0 saturated heterocycles. The van der Waals surface area contributed by atoms with Crippen molar-refractivity contribution < 1.29 is 24.3 Å². The summed E-state index contributed by atoms with van der Waals surface area (Å²) >= 11 is 0. The Morgan fingerprint density at radius 2 is 1.59 bits per heavy atom. The van der Waals surface area contributed by atoms with E-state index in [1.165, 1.54) is 0 Å². The van der Waals surface area contributed by atoms with E-state index in [2.05, 4.69) is 6.92 Å². The normalized spacial score (nSPS) is 13.6. The molecule has 1 unspecified atom stereocenters. The monoisotopic (exact) mass is 250 g/mol. The third-order valence-electron chi connectivity index (χ3n) is 1.66. The Morgan fingerprint density at radius 1 is 0.941 bits per heavy atom. The van der Waals surface area contributed by atoms with Crippen LogP contribution in [0, 0.1) is 5.92 Å². The maximum Gasteiger partial charge on any atom is 0.329 e. The highest BCUT2D eigenvalue weighted by Crippen LogP contribution is 2.05. The van der Waals surface area contributed by atoms with Crippen LogP contribution in [0.4, 0.5) is 0 Å². The summed E-state index contributed by atoms with van der Waals surface area (Å²) in [4.78, 5) is 19.9. The molecule has 0 bridgehead atoms. The Hall–Kier alpha value is -0.200. The van der Waals surface area contributed by atoms with Crippen molar-refractivity contribution in [3.05, 3.63) is 0 Å². The van der Waals surface area contributed by atoms with Crippen molar-refractivity contribution in [3.63, 3.8) is 0 Å². The van der Waals surface area contributed by atoms with Crippen LogP contribution in [0.2, 0.25) is 0 Å². The van der Waals surface area contributed by atoms with Gasteiger partial charge < -0.3 is 4.74 Å². The molecule has 0 amide bonds. The number of hydrogen-bond acceptors (Lipinski definition) is 5. The molecular weight excluding hydrogens is 224 g/mol. The summed E-state index contributed by atoms with van der Waals surface area (Å²) in [7, 11) is 0. The first-order chi connectivity index (χ1) is 8.06. The lowest BCUT2D eigenvalue weighted by molar-refractivity contribution is -0.525. The van der Waals surface area contributed by atoms with Crippen LogP contribution in [0.3, 0.4) is 0 Å². The topological polar surface area (TPSA) is 46.2 Å². The zero-order chi connectivity index (χ0) is 13.1. The summed E-state index contributed by atoms with van der Waals surface area (Å²) in [6.07, 6.45) is 1.95. The van der Waals surface area contributed by atoms with E-state index in [0.717, 1.165) is 12.8 Å².